The van der Waals surface area contributed by atoms with Gasteiger partial charge in [-0.1, -0.05) is 32.4 Å². The molecule has 3 heteroatoms. The van der Waals surface area contributed by atoms with Crippen molar-refractivity contribution in [3.05, 3.63) is 35.1 Å². The second-order valence-electron chi connectivity index (χ2n) is 5.62. The first-order valence-corrected chi connectivity index (χ1v) is 7.34. The van der Waals surface area contributed by atoms with Crippen LogP contribution in [-0.2, 0) is 0 Å². The SMILES string of the molecule is CCC(C)[C@@H](c1ccc(C)c(F)c1)N1CCNCC1. The van der Waals surface area contributed by atoms with Crippen LogP contribution in [0.3, 0.4) is 0 Å². The van der Waals surface area contributed by atoms with E-state index < -0.39 is 0 Å². The zero-order chi connectivity index (χ0) is 13.8. The van der Waals surface area contributed by atoms with Gasteiger partial charge in [0.15, 0.2) is 0 Å². The predicted octanol–water partition coefficient (Wildman–Crippen LogP) is 3.13. The first-order chi connectivity index (χ1) is 9.13. The molecule has 1 saturated heterocycles. The molecule has 0 aromatic heterocycles. The summed E-state index contributed by atoms with van der Waals surface area (Å²) in [5.74, 6) is 0.459. The molecule has 1 aliphatic rings. The molecule has 0 amide bonds. The van der Waals surface area contributed by atoms with Crippen molar-refractivity contribution >= 4 is 0 Å². The Morgan fingerprint density at radius 3 is 2.58 bits per heavy atom. The Kier molecular flexibility index (Phi) is 4.94. The lowest BCUT2D eigenvalue weighted by molar-refractivity contribution is 0.128. The van der Waals surface area contributed by atoms with Crippen molar-refractivity contribution < 1.29 is 4.39 Å². The molecule has 1 aromatic rings. The summed E-state index contributed by atoms with van der Waals surface area (Å²) in [6.07, 6.45) is 1.12. The minimum Gasteiger partial charge on any atom is -0.314 e. The van der Waals surface area contributed by atoms with E-state index in [0.717, 1.165) is 43.7 Å². The summed E-state index contributed by atoms with van der Waals surface area (Å²) < 4.78 is 13.8. The Morgan fingerprint density at radius 1 is 1.32 bits per heavy atom. The van der Waals surface area contributed by atoms with Crippen LogP contribution >= 0.6 is 0 Å². The van der Waals surface area contributed by atoms with Crippen LogP contribution in [0.15, 0.2) is 18.2 Å². The van der Waals surface area contributed by atoms with E-state index in [4.69, 9.17) is 0 Å². The fourth-order valence-electron chi connectivity index (χ4n) is 2.88. The lowest BCUT2D eigenvalue weighted by Gasteiger charge is -2.38. The van der Waals surface area contributed by atoms with Gasteiger partial charge < -0.3 is 5.32 Å². The highest BCUT2D eigenvalue weighted by Gasteiger charge is 2.26. The molecule has 0 spiro atoms. The number of hydrogen-bond acceptors (Lipinski definition) is 2. The molecule has 1 heterocycles. The summed E-state index contributed by atoms with van der Waals surface area (Å²) in [7, 11) is 0. The van der Waals surface area contributed by atoms with E-state index in [1.165, 1.54) is 0 Å². The Bertz CT molecular complexity index is 413. The highest BCUT2D eigenvalue weighted by atomic mass is 19.1. The number of halogens is 1. The molecule has 1 aromatic carbocycles. The molecule has 19 heavy (non-hydrogen) atoms. The Labute approximate surface area is 116 Å². The van der Waals surface area contributed by atoms with E-state index in [0.29, 0.717) is 12.0 Å². The number of piperazine rings is 1. The summed E-state index contributed by atoms with van der Waals surface area (Å²) in [6, 6.07) is 6.07. The Hall–Kier alpha value is -0.930. The summed E-state index contributed by atoms with van der Waals surface area (Å²) >= 11 is 0. The van der Waals surface area contributed by atoms with Crippen LogP contribution in [0.4, 0.5) is 4.39 Å². The minimum atomic E-state index is -0.0825. The molecule has 1 fully saturated rings. The van der Waals surface area contributed by atoms with E-state index in [-0.39, 0.29) is 5.82 Å². The fourth-order valence-corrected chi connectivity index (χ4v) is 2.88. The molecule has 1 N–H and O–H groups in total. The number of nitrogens with one attached hydrogen (secondary N) is 1. The topological polar surface area (TPSA) is 15.3 Å². The summed E-state index contributed by atoms with van der Waals surface area (Å²) in [5, 5.41) is 3.38. The third-order valence-electron chi connectivity index (χ3n) is 4.27. The molecule has 1 aliphatic heterocycles. The van der Waals surface area contributed by atoms with Crippen molar-refractivity contribution in [1.29, 1.82) is 0 Å². The normalized spacial score (nSPS) is 20.2. The fraction of sp³-hybridized carbons (Fsp3) is 0.625. The third kappa shape index (κ3) is 3.34. The van der Waals surface area contributed by atoms with Gasteiger partial charge in [0.2, 0.25) is 0 Å². The number of hydrogen-bond donors (Lipinski definition) is 1. The van der Waals surface area contributed by atoms with Crippen molar-refractivity contribution in [3.63, 3.8) is 0 Å². The molecule has 2 nitrogen and oxygen atoms in total. The van der Waals surface area contributed by atoms with Gasteiger partial charge in [-0.25, -0.2) is 4.39 Å². The number of nitrogens with zero attached hydrogens (tertiary/aromatic N) is 1. The average molecular weight is 264 g/mol. The lowest BCUT2D eigenvalue weighted by Crippen LogP contribution is -2.46. The summed E-state index contributed by atoms with van der Waals surface area (Å²) in [4.78, 5) is 2.49. The third-order valence-corrected chi connectivity index (χ3v) is 4.27. The molecule has 2 rings (SSSR count). The van der Waals surface area contributed by atoms with Crippen molar-refractivity contribution in [2.75, 3.05) is 26.2 Å². The molecular weight excluding hydrogens is 239 g/mol. The second-order valence-corrected chi connectivity index (χ2v) is 5.62. The van der Waals surface area contributed by atoms with E-state index in [9.17, 15) is 4.39 Å². The van der Waals surface area contributed by atoms with Crippen molar-refractivity contribution in [1.82, 2.24) is 10.2 Å². The van der Waals surface area contributed by atoms with Crippen LogP contribution in [0.2, 0.25) is 0 Å². The largest absolute Gasteiger partial charge is 0.314 e. The smallest absolute Gasteiger partial charge is 0.126 e. The first-order valence-electron chi connectivity index (χ1n) is 7.34. The Balaban J connectivity index is 2.27. The van der Waals surface area contributed by atoms with Gasteiger partial charge in [0.25, 0.3) is 0 Å². The van der Waals surface area contributed by atoms with Crippen LogP contribution in [0.25, 0.3) is 0 Å². The number of aryl methyl sites for hydroxylation is 1. The van der Waals surface area contributed by atoms with Gasteiger partial charge in [0.05, 0.1) is 0 Å². The van der Waals surface area contributed by atoms with Gasteiger partial charge in [0, 0.05) is 32.2 Å². The van der Waals surface area contributed by atoms with Crippen molar-refractivity contribution in [3.8, 4) is 0 Å². The molecule has 2 atom stereocenters. The maximum absolute atomic E-state index is 13.8. The van der Waals surface area contributed by atoms with Crippen LogP contribution < -0.4 is 5.32 Å². The van der Waals surface area contributed by atoms with Gasteiger partial charge in [0.1, 0.15) is 5.82 Å². The maximum atomic E-state index is 13.8. The first kappa shape index (κ1) is 14.5. The molecular formula is C16H25FN2. The van der Waals surface area contributed by atoms with Crippen LogP contribution in [0.1, 0.15) is 37.4 Å². The van der Waals surface area contributed by atoms with E-state index in [2.05, 4.69) is 30.1 Å². The lowest BCUT2D eigenvalue weighted by atomic mass is 9.90. The Morgan fingerprint density at radius 2 is 2.00 bits per heavy atom. The highest BCUT2D eigenvalue weighted by molar-refractivity contribution is 5.26. The van der Waals surface area contributed by atoms with Gasteiger partial charge in [-0.05, 0) is 30.0 Å². The zero-order valence-corrected chi connectivity index (χ0v) is 12.2. The van der Waals surface area contributed by atoms with Crippen molar-refractivity contribution in [2.24, 2.45) is 5.92 Å². The molecule has 0 saturated carbocycles. The van der Waals surface area contributed by atoms with E-state index in [1.54, 1.807) is 6.07 Å². The second kappa shape index (κ2) is 6.49. The highest BCUT2D eigenvalue weighted by Crippen LogP contribution is 2.31. The number of rotatable bonds is 4. The van der Waals surface area contributed by atoms with Crippen molar-refractivity contribution in [2.45, 2.75) is 33.2 Å². The summed E-state index contributed by atoms with van der Waals surface area (Å²) in [5.41, 5.74) is 1.85. The predicted molar refractivity (Wildman–Crippen MR) is 77.8 cm³/mol. The minimum absolute atomic E-state index is 0.0825. The molecule has 0 radical (unpaired) electrons. The average Bonchev–Trinajstić information content (AvgIpc) is 2.44. The van der Waals surface area contributed by atoms with E-state index in [1.807, 2.05) is 13.0 Å². The molecule has 0 bridgehead atoms. The molecule has 0 aliphatic carbocycles. The van der Waals surface area contributed by atoms with Crippen LogP contribution in [-0.4, -0.2) is 31.1 Å². The summed E-state index contributed by atoms with van der Waals surface area (Å²) in [6.45, 7) is 10.5. The van der Waals surface area contributed by atoms with Crippen LogP contribution in [0, 0.1) is 18.7 Å². The van der Waals surface area contributed by atoms with Crippen LogP contribution in [0.5, 0.6) is 0 Å². The van der Waals surface area contributed by atoms with Gasteiger partial charge in [-0.3, -0.25) is 4.90 Å². The van der Waals surface area contributed by atoms with Gasteiger partial charge >= 0.3 is 0 Å². The zero-order valence-electron chi connectivity index (χ0n) is 12.2. The molecule has 1 unspecified atom stereocenters. The van der Waals surface area contributed by atoms with Gasteiger partial charge in [-0.2, -0.15) is 0 Å². The quantitative estimate of drug-likeness (QED) is 0.899. The molecule has 106 valence electrons. The maximum Gasteiger partial charge on any atom is 0.126 e. The standard InChI is InChI=1S/C16H25FN2/c1-4-12(2)16(19-9-7-18-8-10-19)14-6-5-13(3)15(17)11-14/h5-6,11-12,16,18H,4,7-10H2,1-3H3/t12?,16-/m0/s1. The number of benzene rings is 1. The van der Waals surface area contributed by atoms with Gasteiger partial charge in [-0.15, -0.1) is 0 Å². The monoisotopic (exact) mass is 264 g/mol. The van der Waals surface area contributed by atoms with E-state index >= 15 is 0 Å².